The van der Waals surface area contributed by atoms with Gasteiger partial charge in [-0.05, 0) is 29.8 Å². The van der Waals surface area contributed by atoms with Gasteiger partial charge in [0.25, 0.3) is 0 Å². The fourth-order valence-corrected chi connectivity index (χ4v) is 2.55. The number of ether oxygens (including phenoxy) is 1. The lowest BCUT2D eigenvalue weighted by molar-refractivity contribution is -0.121. The van der Waals surface area contributed by atoms with Crippen molar-refractivity contribution in [3.8, 4) is 11.5 Å². The van der Waals surface area contributed by atoms with Gasteiger partial charge in [-0.2, -0.15) is 0 Å². The van der Waals surface area contributed by atoms with E-state index < -0.39 is 0 Å². The molecule has 108 valence electrons. The molecule has 0 N–H and O–H groups in total. The van der Waals surface area contributed by atoms with Crippen LogP contribution in [0, 0.1) is 0 Å². The lowest BCUT2D eigenvalue weighted by atomic mass is 10.1. The van der Waals surface area contributed by atoms with Gasteiger partial charge in [-0.3, -0.25) is 9.69 Å². The quantitative estimate of drug-likeness (QED) is 0.857. The summed E-state index contributed by atoms with van der Waals surface area (Å²) in [6.07, 6.45) is 1.36. The summed E-state index contributed by atoms with van der Waals surface area (Å²) >= 11 is 0. The van der Waals surface area contributed by atoms with Crippen LogP contribution in [0.4, 0.5) is 0 Å². The molecule has 21 heavy (non-hydrogen) atoms. The van der Waals surface area contributed by atoms with Crippen molar-refractivity contribution in [3.63, 3.8) is 0 Å². The summed E-state index contributed by atoms with van der Waals surface area (Å²) in [4.78, 5) is 13.6. The van der Waals surface area contributed by atoms with Gasteiger partial charge in [0.1, 0.15) is 17.3 Å². The lowest BCUT2D eigenvalue weighted by Crippen LogP contribution is -2.33. The molecule has 0 amide bonds. The lowest BCUT2D eigenvalue weighted by Gasteiger charge is -2.25. The van der Waals surface area contributed by atoms with Crippen molar-refractivity contribution in [2.75, 3.05) is 13.1 Å². The Bertz CT molecular complexity index is 600. The van der Waals surface area contributed by atoms with Crippen molar-refractivity contribution in [2.24, 2.45) is 0 Å². The van der Waals surface area contributed by atoms with Crippen LogP contribution in [0.5, 0.6) is 11.5 Å². The average molecular weight is 281 g/mol. The maximum Gasteiger partial charge on any atom is 0.135 e. The van der Waals surface area contributed by atoms with Crippen LogP contribution in [0.2, 0.25) is 0 Å². The van der Waals surface area contributed by atoms with E-state index in [1.54, 1.807) is 0 Å². The molecule has 0 spiro atoms. The van der Waals surface area contributed by atoms with Gasteiger partial charge in [-0.15, -0.1) is 0 Å². The molecular weight excluding hydrogens is 262 g/mol. The molecule has 1 aliphatic heterocycles. The molecule has 1 heterocycles. The summed E-state index contributed by atoms with van der Waals surface area (Å²) in [7, 11) is 0. The Morgan fingerprint density at radius 2 is 1.62 bits per heavy atom. The molecule has 3 rings (SSSR count). The van der Waals surface area contributed by atoms with Crippen LogP contribution in [0.1, 0.15) is 18.4 Å². The highest BCUT2D eigenvalue weighted by molar-refractivity contribution is 5.79. The third-order valence-corrected chi connectivity index (χ3v) is 3.70. The van der Waals surface area contributed by atoms with Crippen LogP contribution in [0.25, 0.3) is 0 Å². The second-order valence-corrected chi connectivity index (χ2v) is 5.38. The Labute approximate surface area is 125 Å². The van der Waals surface area contributed by atoms with Gasteiger partial charge in [0.2, 0.25) is 0 Å². The first-order valence-electron chi connectivity index (χ1n) is 7.35. The van der Waals surface area contributed by atoms with E-state index in [-0.39, 0.29) is 0 Å². The van der Waals surface area contributed by atoms with Crippen LogP contribution in [-0.2, 0) is 11.3 Å². The van der Waals surface area contributed by atoms with Gasteiger partial charge in [0.15, 0.2) is 0 Å². The molecule has 0 bridgehead atoms. The molecule has 2 aromatic carbocycles. The zero-order valence-corrected chi connectivity index (χ0v) is 12.0. The van der Waals surface area contributed by atoms with Crippen LogP contribution >= 0.6 is 0 Å². The Morgan fingerprint density at radius 3 is 2.38 bits per heavy atom. The van der Waals surface area contributed by atoms with Crippen molar-refractivity contribution in [1.29, 1.82) is 0 Å². The van der Waals surface area contributed by atoms with E-state index in [0.29, 0.717) is 18.6 Å². The molecule has 0 aliphatic carbocycles. The van der Waals surface area contributed by atoms with E-state index in [2.05, 4.69) is 17.0 Å². The number of carbonyl (C=O) groups is 1. The molecule has 1 aliphatic rings. The molecule has 0 unspecified atom stereocenters. The maximum absolute atomic E-state index is 11.3. The minimum atomic E-state index is 0.382. The molecule has 1 saturated heterocycles. The number of piperidine rings is 1. The minimum absolute atomic E-state index is 0.382. The first-order chi connectivity index (χ1) is 10.3. The molecule has 0 saturated carbocycles. The second kappa shape index (κ2) is 6.55. The van der Waals surface area contributed by atoms with E-state index >= 15 is 0 Å². The molecular formula is C18H19NO2. The number of Topliss-reactive ketones (excluding diaryl/α,β-unsaturated/α-hetero) is 1. The predicted molar refractivity (Wildman–Crippen MR) is 82.5 cm³/mol. The van der Waals surface area contributed by atoms with E-state index in [1.807, 2.05) is 42.5 Å². The summed E-state index contributed by atoms with van der Waals surface area (Å²) in [5.41, 5.74) is 1.22. The van der Waals surface area contributed by atoms with Gasteiger partial charge in [-0.1, -0.05) is 30.3 Å². The number of carbonyl (C=O) groups excluding carboxylic acids is 1. The SMILES string of the molecule is O=C1CCN(Cc2cccc(Oc3ccccc3)c2)CC1. The fraction of sp³-hybridized carbons (Fsp3) is 0.278. The first kappa shape index (κ1) is 13.8. The molecule has 0 radical (unpaired) electrons. The Morgan fingerprint density at radius 1 is 0.905 bits per heavy atom. The Balaban J connectivity index is 1.64. The number of nitrogens with zero attached hydrogens (tertiary/aromatic N) is 1. The van der Waals surface area contributed by atoms with Gasteiger partial charge in [-0.25, -0.2) is 0 Å². The summed E-state index contributed by atoms with van der Waals surface area (Å²) < 4.78 is 5.85. The van der Waals surface area contributed by atoms with Crippen molar-refractivity contribution < 1.29 is 9.53 Å². The number of ketones is 1. The average Bonchev–Trinajstić information content (AvgIpc) is 2.51. The number of rotatable bonds is 4. The van der Waals surface area contributed by atoms with Crippen molar-refractivity contribution >= 4 is 5.78 Å². The third kappa shape index (κ3) is 3.92. The zero-order chi connectivity index (χ0) is 14.5. The highest BCUT2D eigenvalue weighted by Gasteiger charge is 2.16. The van der Waals surface area contributed by atoms with Gasteiger partial charge in [0.05, 0.1) is 0 Å². The summed E-state index contributed by atoms with van der Waals surface area (Å²) in [5.74, 6) is 2.08. The number of hydrogen-bond donors (Lipinski definition) is 0. The monoisotopic (exact) mass is 281 g/mol. The van der Waals surface area contributed by atoms with Gasteiger partial charge in [0, 0.05) is 32.5 Å². The van der Waals surface area contributed by atoms with Crippen molar-refractivity contribution in [1.82, 2.24) is 4.90 Å². The molecule has 2 aromatic rings. The highest BCUT2D eigenvalue weighted by atomic mass is 16.5. The van der Waals surface area contributed by atoms with Crippen molar-refractivity contribution in [2.45, 2.75) is 19.4 Å². The van der Waals surface area contributed by atoms with E-state index in [9.17, 15) is 4.79 Å². The van der Waals surface area contributed by atoms with Crippen LogP contribution < -0.4 is 4.74 Å². The fourth-order valence-electron chi connectivity index (χ4n) is 2.55. The number of likely N-dealkylation sites (tertiary alicyclic amines) is 1. The first-order valence-corrected chi connectivity index (χ1v) is 7.35. The molecule has 0 aromatic heterocycles. The van der Waals surface area contributed by atoms with Gasteiger partial charge >= 0.3 is 0 Å². The minimum Gasteiger partial charge on any atom is -0.457 e. The predicted octanol–water partition coefficient (Wildman–Crippen LogP) is 3.64. The summed E-state index contributed by atoms with van der Waals surface area (Å²) in [6.45, 7) is 2.60. The second-order valence-electron chi connectivity index (χ2n) is 5.38. The normalized spacial score (nSPS) is 15.9. The number of para-hydroxylation sites is 1. The molecule has 1 fully saturated rings. The molecule has 0 atom stereocenters. The topological polar surface area (TPSA) is 29.5 Å². The Kier molecular flexibility index (Phi) is 4.31. The zero-order valence-electron chi connectivity index (χ0n) is 12.0. The highest BCUT2D eigenvalue weighted by Crippen LogP contribution is 2.22. The smallest absolute Gasteiger partial charge is 0.135 e. The Hall–Kier alpha value is -2.13. The van der Waals surface area contributed by atoms with Crippen LogP contribution in [0.15, 0.2) is 54.6 Å². The van der Waals surface area contributed by atoms with E-state index in [1.165, 1.54) is 5.56 Å². The summed E-state index contributed by atoms with van der Waals surface area (Å²) in [5, 5.41) is 0. The maximum atomic E-state index is 11.3. The number of hydrogen-bond acceptors (Lipinski definition) is 3. The molecule has 3 nitrogen and oxygen atoms in total. The van der Waals surface area contributed by atoms with Crippen LogP contribution in [-0.4, -0.2) is 23.8 Å². The largest absolute Gasteiger partial charge is 0.457 e. The van der Waals surface area contributed by atoms with E-state index in [4.69, 9.17) is 4.74 Å². The van der Waals surface area contributed by atoms with Gasteiger partial charge < -0.3 is 4.74 Å². The number of benzene rings is 2. The molecule has 3 heteroatoms. The van der Waals surface area contributed by atoms with Crippen LogP contribution in [0.3, 0.4) is 0 Å². The van der Waals surface area contributed by atoms with Crippen molar-refractivity contribution in [3.05, 3.63) is 60.2 Å². The third-order valence-electron chi connectivity index (χ3n) is 3.70. The standard InChI is InChI=1S/C18H19NO2/c20-16-9-11-19(12-10-16)14-15-5-4-8-18(13-15)21-17-6-2-1-3-7-17/h1-8,13H,9-12,14H2. The van der Waals surface area contributed by atoms with E-state index in [0.717, 1.165) is 31.1 Å². The summed E-state index contributed by atoms with van der Waals surface area (Å²) in [6, 6.07) is 18.0.